The Kier molecular flexibility index (Phi) is 9.66. The molecular formula is C19H32IN3O. The topological polar surface area (TPSA) is 59.6 Å². The fourth-order valence-corrected chi connectivity index (χ4v) is 2.92. The highest BCUT2D eigenvalue weighted by Gasteiger charge is 2.27. The molecule has 1 fully saturated rings. The molecule has 1 saturated heterocycles. The summed E-state index contributed by atoms with van der Waals surface area (Å²) in [4.78, 5) is 4.54. The number of rotatable bonds is 6. The highest BCUT2D eigenvalue weighted by molar-refractivity contribution is 14.0. The molecule has 1 heterocycles. The maximum atomic E-state index is 6.03. The van der Waals surface area contributed by atoms with Crippen molar-refractivity contribution in [2.45, 2.75) is 46.1 Å². The zero-order valence-electron chi connectivity index (χ0n) is 15.1. The van der Waals surface area contributed by atoms with Gasteiger partial charge in [0.25, 0.3) is 0 Å². The van der Waals surface area contributed by atoms with Crippen LogP contribution in [0.2, 0.25) is 0 Å². The summed E-state index contributed by atoms with van der Waals surface area (Å²) in [5.41, 5.74) is 8.51. The largest absolute Gasteiger partial charge is 0.373 e. The fourth-order valence-electron chi connectivity index (χ4n) is 2.92. The Morgan fingerprint density at radius 1 is 1.33 bits per heavy atom. The lowest BCUT2D eigenvalue weighted by Crippen LogP contribution is -2.34. The quantitative estimate of drug-likeness (QED) is 0.395. The first kappa shape index (κ1) is 21.2. The van der Waals surface area contributed by atoms with Crippen molar-refractivity contribution < 1.29 is 4.74 Å². The molecule has 1 aliphatic rings. The van der Waals surface area contributed by atoms with E-state index in [1.54, 1.807) is 0 Å². The predicted octanol–water partition coefficient (Wildman–Crippen LogP) is 4.03. The van der Waals surface area contributed by atoms with E-state index in [1.807, 2.05) is 0 Å². The molecule has 136 valence electrons. The number of benzene rings is 1. The zero-order chi connectivity index (χ0) is 16.7. The second-order valence-corrected chi connectivity index (χ2v) is 6.94. The first-order valence-corrected chi connectivity index (χ1v) is 8.78. The van der Waals surface area contributed by atoms with Crippen molar-refractivity contribution in [3.63, 3.8) is 0 Å². The van der Waals surface area contributed by atoms with E-state index in [0.717, 1.165) is 39.0 Å². The van der Waals surface area contributed by atoms with Gasteiger partial charge in [-0.2, -0.15) is 0 Å². The average Bonchev–Trinajstić information content (AvgIpc) is 2.54. The van der Waals surface area contributed by atoms with Crippen LogP contribution >= 0.6 is 24.0 Å². The van der Waals surface area contributed by atoms with E-state index >= 15 is 0 Å². The smallest absolute Gasteiger partial charge is 0.188 e. The lowest BCUT2D eigenvalue weighted by Gasteiger charge is -2.31. The molecule has 2 rings (SSSR count). The van der Waals surface area contributed by atoms with E-state index < -0.39 is 0 Å². The lowest BCUT2D eigenvalue weighted by atomic mass is 9.89. The number of guanidine groups is 1. The van der Waals surface area contributed by atoms with E-state index in [9.17, 15) is 0 Å². The number of nitrogens with one attached hydrogen (secondary N) is 1. The second kappa shape index (κ2) is 10.9. The second-order valence-electron chi connectivity index (χ2n) is 6.94. The summed E-state index contributed by atoms with van der Waals surface area (Å²) in [7, 11) is 0. The van der Waals surface area contributed by atoms with Crippen LogP contribution in [0.25, 0.3) is 0 Å². The summed E-state index contributed by atoms with van der Waals surface area (Å²) in [6.07, 6.45) is 3.48. The molecule has 1 aliphatic heterocycles. The summed E-state index contributed by atoms with van der Waals surface area (Å²) in [6.45, 7) is 8.97. The Morgan fingerprint density at radius 3 is 2.71 bits per heavy atom. The summed E-state index contributed by atoms with van der Waals surface area (Å²) < 4.78 is 6.03. The molecule has 1 aromatic carbocycles. The number of aryl methyl sites for hydroxylation is 1. The number of hydrogen-bond donors (Lipinski definition) is 2. The van der Waals surface area contributed by atoms with Crippen LogP contribution in [0.1, 0.15) is 50.3 Å². The number of halogens is 1. The van der Waals surface area contributed by atoms with Gasteiger partial charge in [0.15, 0.2) is 5.96 Å². The fraction of sp³-hybridized carbons (Fsp3) is 0.632. The molecule has 0 radical (unpaired) electrons. The third-order valence-electron chi connectivity index (χ3n) is 4.37. The van der Waals surface area contributed by atoms with E-state index in [2.05, 4.69) is 55.3 Å². The molecule has 5 heteroatoms. The van der Waals surface area contributed by atoms with Gasteiger partial charge in [0, 0.05) is 25.6 Å². The minimum absolute atomic E-state index is 0. The van der Waals surface area contributed by atoms with Gasteiger partial charge < -0.3 is 15.8 Å². The van der Waals surface area contributed by atoms with Gasteiger partial charge in [-0.15, -0.1) is 24.0 Å². The minimum atomic E-state index is 0. The van der Waals surface area contributed by atoms with E-state index in [4.69, 9.17) is 10.5 Å². The Balaban J connectivity index is 0.00000288. The van der Waals surface area contributed by atoms with Crippen LogP contribution in [0.5, 0.6) is 0 Å². The lowest BCUT2D eigenvalue weighted by molar-refractivity contribution is -0.0250. The molecule has 2 atom stereocenters. The SMILES string of the molecule is Cc1ccc(C2OCCCC2CN=C(N)NCCC(C)C)cc1.I. The van der Waals surface area contributed by atoms with Gasteiger partial charge in [-0.1, -0.05) is 43.7 Å². The zero-order valence-corrected chi connectivity index (χ0v) is 17.5. The van der Waals surface area contributed by atoms with Crippen LogP contribution in [0.15, 0.2) is 29.3 Å². The van der Waals surface area contributed by atoms with Gasteiger partial charge in [-0.05, 0) is 37.7 Å². The number of ether oxygens (including phenoxy) is 1. The Bertz CT molecular complexity index is 502. The first-order chi connectivity index (χ1) is 11.1. The standard InChI is InChI=1S/C19H31N3O.HI/c1-14(2)10-11-21-19(20)22-13-17-5-4-12-23-18(17)16-8-6-15(3)7-9-16;/h6-9,14,17-18H,4-5,10-13H2,1-3H3,(H3,20,21,22);1H. The normalized spacial score (nSPS) is 21.4. The summed E-state index contributed by atoms with van der Waals surface area (Å²) in [5.74, 6) is 1.63. The summed E-state index contributed by atoms with van der Waals surface area (Å²) in [6, 6.07) is 8.64. The van der Waals surface area contributed by atoms with Crippen molar-refractivity contribution >= 4 is 29.9 Å². The average molecular weight is 445 g/mol. The van der Waals surface area contributed by atoms with Gasteiger partial charge in [0.1, 0.15) is 0 Å². The van der Waals surface area contributed by atoms with Gasteiger partial charge in [-0.25, -0.2) is 0 Å². The Labute approximate surface area is 163 Å². The van der Waals surface area contributed by atoms with Crippen molar-refractivity contribution in [3.8, 4) is 0 Å². The predicted molar refractivity (Wildman–Crippen MR) is 112 cm³/mol. The van der Waals surface area contributed by atoms with Crippen molar-refractivity contribution in [2.75, 3.05) is 19.7 Å². The third kappa shape index (κ3) is 6.97. The highest BCUT2D eigenvalue weighted by atomic mass is 127. The molecule has 0 aliphatic carbocycles. The maximum absolute atomic E-state index is 6.03. The van der Waals surface area contributed by atoms with Crippen molar-refractivity contribution in [3.05, 3.63) is 35.4 Å². The van der Waals surface area contributed by atoms with Gasteiger partial charge >= 0.3 is 0 Å². The number of nitrogens with zero attached hydrogens (tertiary/aromatic N) is 1. The van der Waals surface area contributed by atoms with E-state index in [0.29, 0.717) is 17.8 Å². The molecule has 0 aromatic heterocycles. The molecule has 24 heavy (non-hydrogen) atoms. The van der Waals surface area contributed by atoms with Crippen LogP contribution in [-0.4, -0.2) is 25.7 Å². The molecule has 0 spiro atoms. The number of aliphatic imine (C=N–C) groups is 1. The van der Waals surface area contributed by atoms with Crippen LogP contribution in [0.3, 0.4) is 0 Å². The van der Waals surface area contributed by atoms with Gasteiger partial charge in [0.05, 0.1) is 6.10 Å². The number of hydrogen-bond acceptors (Lipinski definition) is 2. The maximum Gasteiger partial charge on any atom is 0.188 e. The molecule has 2 unspecified atom stereocenters. The van der Waals surface area contributed by atoms with Crippen LogP contribution in [-0.2, 0) is 4.74 Å². The molecule has 0 bridgehead atoms. The van der Waals surface area contributed by atoms with Crippen molar-refractivity contribution in [1.82, 2.24) is 5.32 Å². The summed E-state index contributed by atoms with van der Waals surface area (Å²) in [5, 5.41) is 3.20. The third-order valence-corrected chi connectivity index (χ3v) is 4.37. The van der Waals surface area contributed by atoms with Crippen LogP contribution < -0.4 is 11.1 Å². The van der Waals surface area contributed by atoms with E-state index in [1.165, 1.54) is 11.1 Å². The van der Waals surface area contributed by atoms with Crippen LogP contribution in [0.4, 0.5) is 0 Å². The van der Waals surface area contributed by atoms with E-state index in [-0.39, 0.29) is 30.1 Å². The van der Waals surface area contributed by atoms with Crippen molar-refractivity contribution in [1.29, 1.82) is 0 Å². The molecule has 4 nitrogen and oxygen atoms in total. The summed E-state index contributed by atoms with van der Waals surface area (Å²) >= 11 is 0. The minimum Gasteiger partial charge on any atom is -0.373 e. The molecule has 1 aromatic rings. The van der Waals surface area contributed by atoms with Gasteiger partial charge in [-0.3, -0.25) is 4.99 Å². The van der Waals surface area contributed by atoms with Crippen molar-refractivity contribution in [2.24, 2.45) is 22.6 Å². The highest BCUT2D eigenvalue weighted by Crippen LogP contribution is 2.33. The Morgan fingerprint density at radius 2 is 2.04 bits per heavy atom. The molecular weight excluding hydrogens is 413 g/mol. The van der Waals surface area contributed by atoms with Gasteiger partial charge in [0.2, 0.25) is 0 Å². The number of nitrogens with two attached hydrogens (primary N) is 1. The molecule has 3 N–H and O–H groups in total. The first-order valence-electron chi connectivity index (χ1n) is 8.78. The molecule has 0 saturated carbocycles. The Hall–Kier alpha value is -0.820. The van der Waals surface area contributed by atoms with Crippen LogP contribution in [0, 0.1) is 18.8 Å². The monoisotopic (exact) mass is 445 g/mol. The molecule has 0 amide bonds.